The van der Waals surface area contributed by atoms with E-state index in [-0.39, 0.29) is 0 Å². The average Bonchev–Trinajstić information content (AvgIpc) is 2.59. The molecule has 1 aromatic heterocycles. The molecule has 0 radical (unpaired) electrons. The molecule has 0 saturated heterocycles. The fraction of sp³-hybridized carbons (Fsp3) is 0. The minimum absolute atomic E-state index is 0.851. The molecular weight excluding hydrogens is 348 g/mol. The number of halogens is 1. The van der Waals surface area contributed by atoms with Gasteiger partial charge in [-0.2, -0.15) is 0 Å². The molecule has 1 heterocycles. The maximum Gasteiger partial charge on any atom is 0.0894 e. The van der Waals surface area contributed by atoms with E-state index >= 15 is 0 Å². The minimum atomic E-state index is 0.851. The molecule has 0 aliphatic carbocycles. The lowest BCUT2D eigenvalue weighted by Crippen LogP contribution is -1.86. The van der Waals surface area contributed by atoms with Crippen LogP contribution in [0.5, 0.6) is 0 Å². The SMILES string of the molecule is Brc1cc2ccccc2cc1C=Cc1cnc2ccccc2n1. The predicted molar refractivity (Wildman–Crippen MR) is 100 cm³/mol. The van der Waals surface area contributed by atoms with Crippen LogP contribution in [0.1, 0.15) is 11.3 Å². The largest absolute Gasteiger partial charge is 0.252 e. The van der Waals surface area contributed by atoms with Gasteiger partial charge in [0.25, 0.3) is 0 Å². The molecule has 3 heteroatoms. The summed E-state index contributed by atoms with van der Waals surface area (Å²) in [5, 5.41) is 2.45. The zero-order valence-corrected chi connectivity index (χ0v) is 13.9. The Balaban J connectivity index is 1.73. The van der Waals surface area contributed by atoms with Crippen LogP contribution < -0.4 is 0 Å². The van der Waals surface area contributed by atoms with Crippen LogP contribution in [0.3, 0.4) is 0 Å². The van der Waals surface area contributed by atoms with Crippen molar-refractivity contribution >= 4 is 49.9 Å². The molecule has 0 amide bonds. The first kappa shape index (κ1) is 14.1. The molecule has 23 heavy (non-hydrogen) atoms. The molecule has 0 bridgehead atoms. The van der Waals surface area contributed by atoms with Crippen molar-refractivity contribution in [3.63, 3.8) is 0 Å². The Morgan fingerprint density at radius 3 is 2.30 bits per heavy atom. The van der Waals surface area contributed by atoms with E-state index in [0.29, 0.717) is 0 Å². The Hall–Kier alpha value is -2.52. The summed E-state index contributed by atoms with van der Waals surface area (Å²) < 4.78 is 1.07. The topological polar surface area (TPSA) is 25.8 Å². The Kier molecular flexibility index (Phi) is 3.64. The molecule has 0 saturated carbocycles. The Bertz CT molecular complexity index is 1040. The number of benzene rings is 3. The highest BCUT2D eigenvalue weighted by Crippen LogP contribution is 2.26. The summed E-state index contributed by atoms with van der Waals surface area (Å²) in [4.78, 5) is 9.06. The van der Waals surface area contributed by atoms with E-state index in [1.807, 2.05) is 30.3 Å². The summed E-state index contributed by atoms with van der Waals surface area (Å²) in [6.45, 7) is 0. The Morgan fingerprint density at radius 1 is 0.783 bits per heavy atom. The van der Waals surface area contributed by atoms with Crippen molar-refractivity contribution in [2.45, 2.75) is 0 Å². The van der Waals surface area contributed by atoms with Crippen LogP contribution in [0, 0.1) is 0 Å². The molecule has 0 fully saturated rings. The number of hydrogen-bond acceptors (Lipinski definition) is 2. The van der Waals surface area contributed by atoms with Crippen molar-refractivity contribution in [2.24, 2.45) is 0 Å². The third-order valence-electron chi connectivity index (χ3n) is 3.77. The second kappa shape index (κ2) is 5.94. The predicted octanol–water partition coefficient (Wildman–Crippen LogP) is 5.72. The third kappa shape index (κ3) is 2.88. The highest BCUT2D eigenvalue weighted by atomic mass is 79.9. The molecule has 4 aromatic rings. The third-order valence-corrected chi connectivity index (χ3v) is 4.45. The minimum Gasteiger partial charge on any atom is -0.252 e. The lowest BCUT2D eigenvalue weighted by molar-refractivity contribution is 1.27. The van der Waals surface area contributed by atoms with Gasteiger partial charge in [0.2, 0.25) is 0 Å². The highest BCUT2D eigenvalue weighted by molar-refractivity contribution is 9.10. The molecule has 0 unspecified atom stereocenters. The quantitative estimate of drug-likeness (QED) is 0.457. The number of rotatable bonds is 2. The summed E-state index contributed by atoms with van der Waals surface area (Å²) in [6.07, 6.45) is 5.86. The standard InChI is InChI=1S/C20H13BrN2/c21-18-12-15-6-2-1-5-14(15)11-16(18)9-10-17-13-22-19-7-3-4-8-20(19)23-17/h1-13H. The summed E-state index contributed by atoms with van der Waals surface area (Å²) in [6, 6.07) is 20.5. The first-order chi connectivity index (χ1) is 11.3. The van der Waals surface area contributed by atoms with Crippen molar-refractivity contribution in [3.05, 3.63) is 82.6 Å². The molecule has 0 N–H and O–H groups in total. The Morgan fingerprint density at radius 2 is 1.48 bits per heavy atom. The van der Waals surface area contributed by atoms with Gasteiger partial charge in [0.1, 0.15) is 0 Å². The van der Waals surface area contributed by atoms with Crippen molar-refractivity contribution in [1.82, 2.24) is 9.97 Å². The molecule has 2 nitrogen and oxygen atoms in total. The normalized spacial score (nSPS) is 11.5. The van der Waals surface area contributed by atoms with Gasteiger partial charge in [0, 0.05) is 4.47 Å². The number of aromatic nitrogens is 2. The molecule has 3 aromatic carbocycles. The second-order valence-corrected chi connectivity index (χ2v) is 6.19. The molecule has 110 valence electrons. The van der Waals surface area contributed by atoms with E-state index in [1.165, 1.54) is 10.8 Å². The van der Waals surface area contributed by atoms with Crippen LogP contribution in [-0.2, 0) is 0 Å². The fourth-order valence-electron chi connectivity index (χ4n) is 2.58. The summed E-state index contributed by atoms with van der Waals surface area (Å²) in [5.41, 5.74) is 3.80. The van der Waals surface area contributed by atoms with Crippen LogP contribution in [0.4, 0.5) is 0 Å². The van der Waals surface area contributed by atoms with Crippen molar-refractivity contribution in [1.29, 1.82) is 0 Å². The number of nitrogens with zero attached hydrogens (tertiary/aromatic N) is 2. The molecule has 0 aliphatic rings. The van der Waals surface area contributed by atoms with Gasteiger partial charge < -0.3 is 0 Å². The second-order valence-electron chi connectivity index (χ2n) is 5.34. The number of fused-ring (bicyclic) bond motifs is 2. The van der Waals surface area contributed by atoms with Gasteiger partial charge in [-0.3, -0.25) is 4.98 Å². The summed E-state index contributed by atoms with van der Waals surface area (Å²) in [5.74, 6) is 0. The monoisotopic (exact) mass is 360 g/mol. The lowest BCUT2D eigenvalue weighted by atomic mass is 10.1. The van der Waals surface area contributed by atoms with E-state index in [2.05, 4.69) is 68.4 Å². The van der Waals surface area contributed by atoms with Gasteiger partial charge in [-0.15, -0.1) is 0 Å². The van der Waals surface area contributed by atoms with Gasteiger partial charge in [0.15, 0.2) is 0 Å². The van der Waals surface area contributed by atoms with E-state index in [9.17, 15) is 0 Å². The Labute approximate surface area is 142 Å². The first-order valence-electron chi connectivity index (χ1n) is 7.38. The van der Waals surface area contributed by atoms with Crippen LogP contribution >= 0.6 is 15.9 Å². The van der Waals surface area contributed by atoms with Gasteiger partial charge in [-0.05, 0) is 46.7 Å². The lowest BCUT2D eigenvalue weighted by Gasteiger charge is -2.03. The van der Waals surface area contributed by atoms with Crippen LogP contribution in [0.25, 0.3) is 34.0 Å². The van der Waals surface area contributed by atoms with E-state index in [4.69, 9.17) is 0 Å². The molecule has 0 spiro atoms. The fourth-order valence-corrected chi connectivity index (χ4v) is 3.08. The summed E-state index contributed by atoms with van der Waals surface area (Å²) >= 11 is 3.64. The molecular formula is C20H13BrN2. The molecule has 4 rings (SSSR count). The van der Waals surface area contributed by atoms with Crippen LogP contribution in [0.15, 0.2) is 71.3 Å². The van der Waals surface area contributed by atoms with Crippen molar-refractivity contribution in [2.75, 3.05) is 0 Å². The molecule has 0 aliphatic heterocycles. The van der Waals surface area contributed by atoms with Crippen molar-refractivity contribution < 1.29 is 0 Å². The average molecular weight is 361 g/mol. The van der Waals surface area contributed by atoms with Crippen LogP contribution in [-0.4, -0.2) is 9.97 Å². The zero-order valence-electron chi connectivity index (χ0n) is 12.3. The maximum absolute atomic E-state index is 4.62. The van der Waals surface area contributed by atoms with Gasteiger partial charge in [-0.1, -0.05) is 58.4 Å². The van der Waals surface area contributed by atoms with Gasteiger partial charge in [0.05, 0.1) is 22.9 Å². The highest BCUT2D eigenvalue weighted by Gasteiger charge is 2.01. The zero-order chi connectivity index (χ0) is 15.6. The maximum atomic E-state index is 4.62. The molecule has 0 atom stereocenters. The van der Waals surface area contributed by atoms with Crippen molar-refractivity contribution in [3.8, 4) is 0 Å². The van der Waals surface area contributed by atoms with Crippen LogP contribution in [0.2, 0.25) is 0 Å². The summed E-state index contributed by atoms with van der Waals surface area (Å²) in [7, 11) is 0. The van der Waals surface area contributed by atoms with E-state index in [1.54, 1.807) is 6.20 Å². The first-order valence-corrected chi connectivity index (χ1v) is 8.17. The smallest absolute Gasteiger partial charge is 0.0894 e. The van der Waals surface area contributed by atoms with E-state index in [0.717, 1.165) is 26.8 Å². The number of para-hydroxylation sites is 2. The number of hydrogen-bond donors (Lipinski definition) is 0. The van der Waals surface area contributed by atoms with E-state index < -0.39 is 0 Å². The van der Waals surface area contributed by atoms with Gasteiger partial charge >= 0.3 is 0 Å². The van der Waals surface area contributed by atoms with Gasteiger partial charge in [-0.25, -0.2) is 4.98 Å².